The zero-order valence-electron chi connectivity index (χ0n) is 8.47. The molecule has 2 rings (SSSR count). The highest BCUT2D eigenvalue weighted by Crippen LogP contribution is 2.17. The Morgan fingerprint density at radius 1 is 1.50 bits per heavy atom. The Morgan fingerprint density at radius 3 is 3.06 bits per heavy atom. The molecule has 0 bridgehead atoms. The molecule has 0 N–H and O–H groups in total. The van der Waals surface area contributed by atoms with E-state index in [1.165, 1.54) is 0 Å². The molecule has 5 heteroatoms. The Bertz CT molecular complexity index is 513. The van der Waals surface area contributed by atoms with Crippen LogP contribution in [0.5, 0.6) is 0 Å². The van der Waals surface area contributed by atoms with Gasteiger partial charge in [-0.1, -0.05) is 11.6 Å². The normalized spacial score (nSPS) is 10.0. The quantitative estimate of drug-likeness (QED) is 0.817. The summed E-state index contributed by atoms with van der Waals surface area (Å²) in [6.07, 6.45) is 6.30. The fourth-order valence-electron chi connectivity index (χ4n) is 1.37. The van der Waals surface area contributed by atoms with Crippen LogP contribution in [0.4, 0.5) is 0 Å². The predicted octanol–water partition coefficient (Wildman–Crippen LogP) is 2.38. The molecule has 2 heterocycles. The lowest BCUT2D eigenvalue weighted by atomic mass is 10.2. The van der Waals surface area contributed by atoms with Gasteiger partial charge >= 0.3 is 0 Å². The van der Waals surface area contributed by atoms with Gasteiger partial charge in [-0.05, 0) is 18.6 Å². The Balaban J connectivity index is 2.28. The smallest absolute Gasteiger partial charge is 0.154 e. The summed E-state index contributed by atoms with van der Waals surface area (Å²) >= 11 is 5.97. The average Bonchev–Trinajstić information content (AvgIpc) is 2.69. The van der Waals surface area contributed by atoms with Gasteiger partial charge in [-0.3, -0.25) is 4.98 Å². The molecule has 0 atom stereocenters. The number of halogens is 1. The van der Waals surface area contributed by atoms with Crippen molar-refractivity contribution >= 4 is 11.6 Å². The van der Waals surface area contributed by atoms with Crippen molar-refractivity contribution in [2.24, 2.45) is 0 Å². The molecule has 0 aliphatic carbocycles. The number of nitrogens with zero attached hydrogens (tertiary/aromatic N) is 4. The standard InChI is InChI=1S/C11H9ClN4/c12-11-9(3-1-5-13)8-16(15-11)10-4-2-6-14-7-10/h2,4,6-8H,1,3H2. The van der Waals surface area contributed by atoms with Crippen LogP contribution in [0.3, 0.4) is 0 Å². The lowest BCUT2D eigenvalue weighted by Gasteiger charge is -1.97. The van der Waals surface area contributed by atoms with Gasteiger partial charge in [-0.25, -0.2) is 4.68 Å². The van der Waals surface area contributed by atoms with E-state index >= 15 is 0 Å². The van der Waals surface area contributed by atoms with Gasteiger partial charge in [0.25, 0.3) is 0 Å². The van der Waals surface area contributed by atoms with Crippen LogP contribution in [0.1, 0.15) is 12.0 Å². The maximum Gasteiger partial charge on any atom is 0.154 e. The van der Waals surface area contributed by atoms with Gasteiger partial charge < -0.3 is 0 Å². The Morgan fingerprint density at radius 2 is 2.38 bits per heavy atom. The maximum absolute atomic E-state index is 8.51. The fraction of sp³-hybridized carbons (Fsp3) is 0.182. The molecule has 0 aliphatic rings. The van der Waals surface area contributed by atoms with Crippen LogP contribution in [-0.2, 0) is 6.42 Å². The van der Waals surface area contributed by atoms with E-state index < -0.39 is 0 Å². The molecule has 0 aliphatic heterocycles. The summed E-state index contributed by atoms with van der Waals surface area (Å²) in [6, 6.07) is 5.81. The summed E-state index contributed by atoms with van der Waals surface area (Å²) in [4.78, 5) is 4.01. The number of hydrogen-bond donors (Lipinski definition) is 0. The van der Waals surface area contributed by atoms with Crippen molar-refractivity contribution < 1.29 is 0 Å². The van der Waals surface area contributed by atoms with Gasteiger partial charge in [0, 0.05) is 24.4 Å². The fourth-order valence-corrected chi connectivity index (χ4v) is 1.59. The summed E-state index contributed by atoms with van der Waals surface area (Å²) in [6.45, 7) is 0. The molecule has 0 radical (unpaired) electrons. The second kappa shape index (κ2) is 4.77. The zero-order valence-corrected chi connectivity index (χ0v) is 9.22. The molecule has 0 spiro atoms. The predicted molar refractivity (Wildman–Crippen MR) is 60.3 cm³/mol. The number of pyridine rings is 1. The van der Waals surface area contributed by atoms with Gasteiger partial charge in [0.1, 0.15) is 0 Å². The van der Waals surface area contributed by atoms with Gasteiger partial charge in [-0.2, -0.15) is 10.4 Å². The van der Waals surface area contributed by atoms with E-state index in [2.05, 4.69) is 16.2 Å². The van der Waals surface area contributed by atoms with Gasteiger partial charge in [0.05, 0.1) is 18.0 Å². The van der Waals surface area contributed by atoms with Crippen molar-refractivity contribution in [3.8, 4) is 11.8 Å². The topological polar surface area (TPSA) is 54.5 Å². The van der Waals surface area contributed by atoms with E-state index in [4.69, 9.17) is 16.9 Å². The molecule has 2 aromatic rings. The summed E-state index contributed by atoms with van der Waals surface area (Å²) in [5.41, 5.74) is 1.74. The number of rotatable bonds is 3. The van der Waals surface area contributed by atoms with Crippen molar-refractivity contribution in [1.29, 1.82) is 5.26 Å². The first-order chi connectivity index (χ1) is 7.81. The molecule has 0 saturated heterocycles. The van der Waals surface area contributed by atoms with Gasteiger partial charge in [-0.15, -0.1) is 0 Å². The van der Waals surface area contributed by atoms with Crippen molar-refractivity contribution in [2.75, 3.05) is 0 Å². The minimum atomic E-state index is 0.443. The third-order valence-electron chi connectivity index (χ3n) is 2.16. The van der Waals surface area contributed by atoms with E-state index in [1.54, 1.807) is 17.1 Å². The SMILES string of the molecule is N#CCCc1cn(-c2cccnc2)nc1Cl. The Hall–Kier alpha value is -1.86. The third-order valence-corrected chi connectivity index (χ3v) is 2.47. The molecule has 0 amide bonds. The van der Waals surface area contributed by atoms with Crippen LogP contribution in [0.25, 0.3) is 5.69 Å². The largest absolute Gasteiger partial charge is 0.262 e. The van der Waals surface area contributed by atoms with Crippen LogP contribution in [0.15, 0.2) is 30.7 Å². The highest BCUT2D eigenvalue weighted by atomic mass is 35.5. The second-order valence-corrected chi connectivity index (χ2v) is 3.62. The first-order valence-electron chi connectivity index (χ1n) is 4.82. The average molecular weight is 233 g/mol. The van der Waals surface area contributed by atoms with Crippen molar-refractivity contribution in [3.63, 3.8) is 0 Å². The monoisotopic (exact) mass is 232 g/mol. The van der Waals surface area contributed by atoms with E-state index in [0.29, 0.717) is 18.0 Å². The molecule has 80 valence electrons. The summed E-state index contributed by atoms with van der Waals surface area (Å²) in [7, 11) is 0. The molecular weight excluding hydrogens is 224 g/mol. The minimum Gasteiger partial charge on any atom is -0.262 e. The third kappa shape index (κ3) is 2.20. The first kappa shape index (κ1) is 10.7. The van der Waals surface area contributed by atoms with Crippen LogP contribution in [-0.4, -0.2) is 14.8 Å². The molecule has 2 aromatic heterocycles. The van der Waals surface area contributed by atoms with E-state index in [1.807, 2.05) is 18.3 Å². The highest BCUT2D eigenvalue weighted by molar-refractivity contribution is 6.30. The van der Waals surface area contributed by atoms with E-state index in [9.17, 15) is 0 Å². The highest BCUT2D eigenvalue weighted by Gasteiger charge is 2.07. The van der Waals surface area contributed by atoms with Crippen molar-refractivity contribution in [3.05, 3.63) is 41.4 Å². The molecule has 0 saturated carbocycles. The Kier molecular flexibility index (Phi) is 3.18. The molecule has 4 nitrogen and oxygen atoms in total. The van der Waals surface area contributed by atoms with E-state index in [-0.39, 0.29) is 0 Å². The maximum atomic E-state index is 8.51. The van der Waals surface area contributed by atoms with Gasteiger partial charge in [0.2, 0.25) is 0 Å². The lowest BCUT2D eigenvalue weighted by molar-refractivity contribution is 0.873. The van der Waals surface area contributed by atoms with Crippen LogP contribution in [0.2, 0.25) is 5.15 Å². The number of nitriles is 1. The summed E-state index contributed by atoms with van der Waals surface area (Å²) in [5.74, 6) is 0. The van der Waals surface area contributed by atoms with Crippen molar-refractivity contribution in [1.82, 2.24) is 14.8 Å². The zero-order chi connectivity index (χ0) is 11.4. The molecule has 0 unspecified atom stereocenters. The van der Waals surface area contributed by atoms with Crippen LogP contribution in [0, 0.1) is 11.3 Å². The number of aromatic nitrogens is 3. The minimum absolute atomic E-state index is 0.443. The first-order valence-corrected chi connectivity index (χ1v) is 5.20. The van der Waals surface area contributed by atoms with Gasteiger partial charge in [0.15, 0.2) is 5.15 Å². The Labute approximate surface area is 98.1 Å². The summed E-state index contributed by atoms with van der Waals surface area (Å²) in [5, 5.41) is 13.1. The molecule has 0 fully saturated rings. The van der Waals surface area contributed by atoms with Crippen LogP contribution >= 0.6 is 11.6 Å². The number of aryl methyl sites for hydroxylation is 1. The molecule has 16 heavy (non-hydrogen) atoms. The lowest BCUT2D eigenvalue weighted by Crippen LogP contribution is -1.94. The molecule has 0 aromatic carbocycles. The van der Waals surface area contributed by atoms with E-state index in [0.717, 1.165) is 11.3 Å². The van der Waals surface area contributed by atoms with Crippen LogP contribution < -0.4 is 0 Å². The second-order valence-electron chi connectivity index (χ2n) is 3.26. The summed E-state index contributed by atoms with van der Waals surface area (Å²) < 4.78 is 1.67. The van der Waals surface area contributed by atoms with Crippen molar-refractivity contribution in [2.45, 2.75) is 12.8 Å². The number of hydrogen-bond acceptors (Lipinski definition) is 3. The molecular formula is C11H9ClN4.